The second-order valence-corrected chi connectivity index (χ2v) is 9.06. The van der Waals surface area contributed by atoms with Crippen LogP contribution in [0.15, 0.2) is 34.2 Å². The monoisotopic (exact) mass is 436 g/mol. The molecule has 0 unspecified atom stereocenters. The third-order valence-electron chi connectivity index (χ3n) is 5.21. The van der Waals surface area contributed by atoms with Crippen molar-refractivity contribution < 1.29 is 4.79 Å². The summed E-state index contributed by atoms with van der Waals surface area (Å²) in [5, 5.41) is 22.4. The van der Waals surface area contributed by atoms with Crippen LogP contribution in [-0.4, -0.2) is 30.8 Å². The Labute approximate surface area is 179 Å². The molecular formula is C20H16N6O2S2. The van der Waals surface area contributed by atoms with Crippen molar-refractivity contribution in [1.29, 1.82) is 5.26 Å². The molecule has 0 aliphatic heterocycles. The minimum atomic E-state index is -0.206. The van der Waals surface area contributed by atoms with E-state index >= 15 is 0 Å². The number of thiophene rings is 1. The van der Waals surface area contributed by atoms with Crippen LogP contribution >= 0.6 is 23.1 Å². The van der Waals surface area contributed by atoms with Crippen molar-refractivity contribution in [2.45, 2.75) is 24.4 Å². The molecule has 1 aromatic carbocycles. The third kappa shape index (κ3) is 2.89. The Morgan fingerprint density at radius 3 is 3.00 bits per heavy atom. The number of aryl methyl sites for hydroxylation is 2. The summed E-state index contributed by atoms with van der Waals surface area (Å²) in [5.74, 6) is 0.330. The number of thioether (sulfide) groups is 1. The van der Waals surface area contributed by atoms with E-state index in [1.165, 1.54) is 32.5 Å². The van der Waals surface area contributed by atoms with Gasteiger partial charge in [0.25, 0.3) is 5.56 Å². The van der Waals surface area contributed by atoms with Crippen molar-refractivity contribution in [1.82, 2.24) is 19.2 Å². The van der Waals surface area contributed by atoms with E-state index in [-0.39, 0.29) is 17.2 Å². The predicted octanol–water partition coefficient (Wildman–Crippen LogP) is 2.73. The molecule has 0 radical (unpaired) electrons. The van der Waals surface area contributed by atoms with E-state index in [2.05, 4.69) is 21.6 Å². The number of nitrogens with one attached hydrogen (secondary N) is 1. The maximum absolute atomic E-state index is 12.6. The number of anilines is 1. The molecule has 0 saturated carbocycles. The number of rotatable bonds is 4. The Bertz CT molecular complexity index is 1430. The lowest BCUT2D eigenvalue weighted by molar-refractivity contribution is -0.113. The zero-order valence-electron chi connectivity index (χ0n) is 16.0. The van der Waals surface area contributed by atoms with Gasteiger partial charge in [0, 0.05) is 11.9 Å². The molecule has 0 atom stereocenters. The highest BCUT2D eigenvalue weighted by Gasteiger charge is 2.23. The van der Waals surface area contributed by atoms with Crippen LogP contribution in [0.3, 0.4) is 0 Å². The summed E-state index contributed by atoms with van der Waals surface area (Å²) < 4.78 is 3.24. The van der Waals surface area contributed by atoms with Gasteiger partial charge in [0.2, 0.25) is 11.7 Å². The van der Waals surface area contributed by atoms with E-state index in [4.69, 9.17) is 0 Å². The Balaban J connectivity index is 1.42. The maximum Gasteiger partial charge on any atom is 0.262 e. The number of carbonyl (C=O) groups is 1. The number of fused-ring (bicyclic) bond motifs is 4. The highest BCUT2D eigenvalue weighted by Crippen LogP contribution is 2.38. The summed E-state index contributed by atoms with van der Waals surface area (Å²) in [5.41, 5.74) is 2.24. The number of amides is 1. The Morgan fingerprint density at radius 1 is 1.33 bits per heavy atom. The van der Waals surface area contributed by atoms with Crippen molar-refractivity contribution in [3.05, 3.63) is 50.6 Å². The second kappa shape index (κ2) is 7.27. The molecule has 0 spiro atoms. The van der Waals surface area contributed by atoms with E-state index in [1.54, 1.807) is 17.5 Å². The molecule has 1 amide bonds. The first kappa shape index (κ1) is 18.8. The fourth-order valence-electron chi connectivity index (χ4n) is 3.81. The first-order chi connectivity index (χ1) is 14.6. The first-order valence-corrected chi connectivity index (χ1v) is 11.2. The van der Waals surface area contributed by atoms with Gasteiger partial charge in [0.15, 0.2) is 5.16 Å². The number of para-hydroxylation sites is 1. The van der Waals surface area contributed by atoms with Gasteiger partial charge in [0.1, 0.15) is 11.1 Å². The van der Waals surface area contributed by atoms with Crippen molar-refractivity contribution in [2.24, 2.45) is 7.05 Å². The molecule has 3 aromatic heterocycles. The van der Waals surface area contributed by atoms with Crippen LogP contribution in [0.4, 0.5) is 5.00 Å². The summed E-state index contributed by atoms with van der Waals surface area (Å²) in [4.78, 5) is 26.3. The van der Waals surface area contributed by atoms with Crippen molar-refractivity contribution in [2.75, 3.05) is 11.1 Å². The third-order valence-corrected chi connectivity index (χ3v) is 7.35. The van der Waals surface area contributed by atoms with Gasteiger partial charge in [-0.3, -0.25) is 18.6 Å². The number of nitriles is 1. The zero-order chi connectivity index (χ0) is 20.8. The molecule has 30 heavy (non-hydrogen) atoms. The second-order valence-electron chi connectivity index (χ2n) is 7.01. The molecule has 10 heteroatoms. The fourth-order valence-corrected chi connectivity index (χ4v) is 5.80. The van der Waals surface area contributed by atoms with Gasteiger partial charge in [0.05, 0.1) is 22.2 Å². The van der Waals surface area contributed by atoms with E-state index in [1.807, 2.05) is 18.2 Å². The molecule has 0 saturated heterocycles. The Kier molecular flexibility index (Phi) is 4.56. The lowest BCUT2D eigenvalue weighted by Crippen LogP contribution is -2.20. The number of carbonyl (C=O) groups excluding carboxylic acids is 1. The molecule has 0 fully saturated rings. The minimum Gasteiger partial charge on any atom is -0.316 e. The van der Waals surface area contributed by atoms with Crippen molar-refractivity contribution >= 4 is 50.7 Å². The van der Waals surface area contributed by atoms with Gasteiger partial charge in [-0.25, -0.2) is 0 Å². The van der Waals surface area contributed by atoms with Crippen LogP contribution in [0.2, 0.25) is 0 Å². The molecular weight excluding hydrogens is 420 g/mol. The molecule has 3 heterocycles. The summed E-state index contributed by atoms with van der Waals surface area (Å²) in [7, 11) is 1.65. The van der Waals surface area contributed by atoms with E-state index < -0.39 is 0 Å². The first-order valence-electron chi connectivity index (χ1n) is 9.38. The van der Waals surface area contributed by atoms with Crippen LogP contribution in [0, 0.1) is 11.3 Å². The van der Waals surface area contributed by atoms with Gasteiger partial charge < -0.3 is 5.32 Å². The predicted molar refractivity (Wildman–Crippen MR) is 116 cm³/mol. The summed E-state index contributed by atoms with van der Waals surface area (Å²) in [6.07, 6.45) is 2.93. The van der Waals surface area contributed by atoms with E-state index in [0.717, 1.165) is 24.8 Å². The molecule has 5 rings (SSSR count). The summed E-state index contributed by atoms with van der Waals surface area (Å²) in [6.45, 7) is 0. The summed E-state index contributed by atoms with van der Waals surface area (Å²) in [6, 6.07) is 9.50. The van der Waals surface area contributed by atoms with Crippen LogP contribution in [0.1, 0.15) is 22.4 Å². The van der Waals surface area contributed by atoms with Gasteiger partial charge in [-0.05, 0) is 37.0 Å². The van der Waals surface area contributed by atoms with Crippen molar-refractivity contribution in [3.63, 3.8) is 0 Å². The van der Waals surface area contributed by atoms with E-state index in [9.17, 15) is 14.9 Å². The normalized spacial score (nSPS) is 12.9. The lowest BCUT2D eigenvalue weighted by atomic mass is 10.1. The standard InChI is InChI=1S/C20H16N6O2S2/c1-25-18(28)12-5-2-3-7-14(12)26-19(25)23-24-20(26)29-10-16(27)22-17-13(9-21)11-6-4-8-15(11)30-17/h2-3,5,7H,4,6,8,10H2,1H3,(H,22,27). The van der Waals surface area contributed by atoms with Crippen molar-refractivity contribution in [3.8, 4) is 6.07 Å². The van der Waals surface area contributed by atoms with Gasteiger partial charge in [-0.1, -0.05) is 23.9 Å². The summed E-state index contributed by atoms with van der Waals surface area (Å²) >= 11 is 2.74. The van der Waals surface area contributed by atoms with Gasteiger partial charge >= 0.3 is 0 Å². The quantitative estimate of drug-likeness (QED) is 0.493. The number of benzene rings is 1. The van der Waals surface area contributed by atoms with Crippen LogP contribution in [0.5, 0.6) is 0 Å². The van der Waals surface area contributed by atoms with Gasteiger partial charge in [-0.15, -0.1) is 21.5 Å². The van der Waals surface area contributed by atoms with Gasteiger partial charge in [-0.2, -0.15) is 5.26 Å². The molecule has 0 bridgehead atoms. The number of hydrogen-bond donors (Lipinski definition) is 1. The average Bonchev–Trinajstić information content (AvgIpc) is 3.45. The molecule has 150 valence electrons. The van der Waals surface area contributed by atoms with Crippen LogP contribution < -0.4 is 10.9 Å². The maximum atomic E-state index is 12.6. The highest BCUT2D eigenvalue weighted by molar-refractivity contribution is 7.99. The number of nitrogens with zero attached hydrogens (tertiary/aromatic N) is 5. The Morgan fingerprint density at radius 2 is 2.17 bits per heavy atom. The molecule has 4 aromatic rings. The fraction of sp³-hybridized carbons (Fsp3) is 0.250. The average molecular weight is 437 g/mol. The number of hydrogen-bond acceptors (Lipinski definition) is 7. The zero-order valence-corrected chi connectivity index (χ0v) is 17.6. The molecule has 8 nitrogen and oxygen atoms in total. The lowest BCUT2D eigenvalue weighted by Gasteiger charge is -2.07. The smallest absolute Gasteiger partial charge is 0.262 e. The molecule has 1 N–H and O–H groups in total. The number of aromatic nitrogens is 4. The largest absolute Gasteiger partial charge is 0.316 e. The molecule has 1 aliphatic carbocycles. The Hall–Kier alpha value is -3.16. The minimum absolute atomic E-state index is 0.116. The van der Waals surface area contributed by atoms with E-state index in [0.29, 0.717) is 32.4 Å². The topological polar surface area (TPSA) is 105 Å². The highest BCUT2D eigenvalue weighted by atomic mass is 32.2. The molecule has 1 aliphatic rings. The van der Waals surface area contributed by atoms with Crippen LogP contribution in [-0.2, 0) is 24.7 Å². The SMILES string of the molecule is Cn1c(=O)c2ccccc2n2c(SCC(=O)Nc3sc4c(c3C#N)CCC4)nnc12. The van der Waals surface area contributed by atoms with Crippen LogP contribution in [0.25, 0.3) is 16.7 Å².